The molecular weight excluding hydrogens is 408 g/mol. The number of imidazole rings is 1. The molecule has 9 nitrogen and oxygen atoms in total. The molecule has 0 radical (unpaired) electrons. The number of morpholine rings is 1. The predicted molar refractivity (Wildman–Crippen MR) is 115 cm³/mol. The largest absolute Gasteiger partial charge is 0.444 e. The smallest absolute Gasteiger partial charge is 0.410 e. The minimum Gasteiger partial charge on any atom is -0.444 e. The Bertz CT molecular complexity index is 991. The average Bonchev–Trinajstić information content (AvgIpc) is 3.03. The van der Waals surface area contributed by atoms with E-state index in [0.717, 1.165) is 35.8 Å². The first kappa shape index (κ1) is 20.9. The molecule has 0 atom stereocenters. The number of hydrogen-bond acceptors (Lipinski definition) is 7. The monoisotopic (exact) mass is 434 g/mol. The Morgan fingerprint density at radius 2 is 1.90 bits per heavy atom. The first-order chi connectivity index (χ1) is 14.2. The van der Waals surface area contributed by atoms with Gasteiger partial charge in [-0.3, -0.25) is 0 Å². The van der Waals surface area contributed by atoms with E-state index in [9.17, 15) is 4.79 Å². The zero-order valence-electron chi connectivity index (χ0n) is 17.8. The van der Waals surface area contributed by atoms with E-state index in [1.807, 2.05) is 38.5 Å². The van der Waals surface area contributed by atoms with Crippen LogP contribution in [0.25, 0.3) is 16.7 Å². The molecule has 0 unspecified atom stereocenters. The Labute approximate surface area is 180 Å². The molecule has 0 saturated carbocycles. The van der Waals surface area contributed by atoms with Crippen LogP contribution in [0, 0.1) is 0 Å². The van der Waals surface area contributed by atoms with E-state index in [1.165, 1.54) is 0 Å². The first-order valence-corrected chi connectivity index (χ1v) is 10.5. The van der Waals surface area contributed by atoms with Gasteiger partial charge in [-0.05, 0) is 44.4 Å². The van der Waals surface area contributed by atoms with Gasteiger partial charge in [-0.1, -0.05) is 6.08 Å². The highest BCUT2D eigenvalue weighted by atomic mass is 35.5. The number of nitrogens with zero attached hydrogens (tertiary/aromatic N) is 6. The van der Waals surface area contributed by atoms with Crippen LogP contribution in [0.3, 0.4) is 0 Å². The van der Waals surface area contributed by atoms with Gasteiger partial charge in [0.2, 0.25) is 5.28 Å². The highest BCUT2D eigenvalue weighted by molar-refractivity contribution is 6.28. The molecule has 1 amide bonds. The fourth-order valence-electron chi connectivity index (χ4n) is 3.67. The predicted octanol–water partition coefficient (Wildman–Crippen LogP) is 2.88. The summed E-state index contributed by atoms with van der Waals surface area (Å²) < 4.78 is 12.9. The van der Waals surface area contributed by atoms with Crippen LogP contribution in [0.1, 0.15) is 33.0 Å². The fourth-order valence-corrected chi connectivity index (χ4v) is 3.83. The third-order valence-electron chi connectivity index (χ3n) is 5.13. The number of fused-ring (bicyclic) bond motifs is 1. The summed E-state index contributed by atoms with van der Waals surface area (Å²) in [5.74, 6) is 1.56. The quantitative estimate of drug-likeness (QED) is 0.671. The Balaban J connectivity index is 1.62. The lowest BCUT2D eigenvalue weighted by Crippen LogP contribution is -2.39. The molecule has 1 saturated heterocycles. The lowest BCUT2D eigenvalue weighted by molar-refractivity contribution is 0.0270. The molecule has 162 valence electrons. The normalized spacial score (nSPS) is 18.0. The summed E-state index contributed by atoms with van der Waals surface area (Å²) in [7, 11) is 1.93. The maximum Gasteiger partial charge on any atom is 0.410 e. The van der Waals surface area contributed by atoms with E-state index in [0.29, 0.717) is 38.4 Å². The maximum absolute atomic E-state index is 12.3. The Morgan fingerprint density at radius 3 is 2.53 bits per heavy atom. The van der Waals surface area contributed by atoms with Gasteiger partial charge < -0.3 is 23.8 Å². The molecule has 0 spiro atoms. The van der Waals surface area contributed by atoms with Crippen LogP contribution in [0.4, 0.5) is 10.6 Å². The minimum absolute atomic E-state index is 0.201. The fraction of sp³-hybridized carbons (Fsp3) is 0.600. The van der Waals surface area contributed by atoms with Gasteiger partial charge in [0.1, 0.15) is 11.4 Å². The topological polar surface area (TPSA) is 85.6 Å². The maximum atomic E-state index is 12.3. The number of carbonyl (C=O) groups is 1. The number of carbonyl (C=O) groups excluding carboxylic acids is 1. The number of halogens is 1. The second-order valence-corrected chi connectivity index (χ2v) is 8.83. The van der Waals surface area contributed by atoms with Crippen molar-refractivity contribution in [1.82, 2.24) is 24.4 Å². The number of amides is 1. The number of hydrogen-bond donors (Lipinski definition) is 0. The van der Waals surface area contributed by atoms with Gasteiger partial charge >= 0.3 is 6.09 Å². The Hall–Kier alpha value is -2.39. The van der Waals surface area contributed by atoms with Crippen molar-refractivity contribution in [2.45, 2.75) is 32.8 Å². The molecule has 1 fully saturated rings. The van der Waals surface area contributed by atoms with Crippen LogP contribution >= 0.6 is 11.6 Å². The lowest BCUT2D eigenvalue weighted by atomic mass is 10.1. The third-order valence-corrected chi connectivity index (χ3v) is 5.30. The molecule has 2 aliphatic heterocycles. The summed E-state index contributed by atoms with van der Waals surface area (Å²) in [5.41, 5.74) is 1.99. The summed E-state index contributed by atoms with van der Waals surface area (Å²) >= 11 is 6.22. The number of rotatable bonds is 2. The zero-order valence-corrected chi connectivity index (χ0v) is 18.6. The van der Waals surface area contributed by atoms with E-state index >= 15 is 0 Å². The van der Waals surface area contributed by atoms with Crippen LogP contribution in [0.2, 0.25) is 5.28 Å². The molecule has 2 aliphatic rings. The van der Waals surface area contributed by atoms with E-state index in [2.05, 4.69) is 14.9 Å². The number of aromatic nitrogens is 4. The Kier molecular flexibility index (Phi) is 5.59. The number of ether oxygens (including phenoxy) is 2. The molecule has 0 aromatic carbocycles. The molecule has 4 heterocycles. The summed E-state index contributed by atoms with van der Waals surface area (Å²) in [6.45, 7) is 9.44. The summed E-state index contributed by atoms with van der Waals surface area (Å²) in [4.78, 5) is 29.9. The van der Waals surface area contributed by atoms with Crippen LogP contribution in [0.15, 0.2) is 6.08 Å². The van der Waals surface area contributed by atoms with Crippen LogP contribution in [-0.2, 0) is 16.5 Å². The molecule has 0 aliphatic carbocycles. The Morgan fingerprint density at radius 1 is 1.17 bits per heavy atom. The molecule has 30 heavy (non-hydrogen) atoms. The van der Waals surface area contributed by atoms with Crippen molar-refractivity contribution in [3.63, 3.8) is 0 Å². The highest BCUT2D eigenvalue weighted by Crippen LogP contribution is 2.30. The number of aryl methyl sites for hydroxylation is 1. The number of anilines is 1. The van der Waals surface area contributed by atoms with Gasteiger partial charge in [-0.25, -0.2) is 9.78 Å². The summed E-state index contributed by atoms with van der Waals surface area (Å²) in [6, 6.07) is 0. The van der Waals surface area contributed by atoms with Crippen molar-refractivity contribution in [3.8, 4) is 0 Å². The van der Waals surface area contributed by atoms with Crippen LogP contribution in [0.5, 0.6) is 0 Å². The molecule has 0 N–H and O–H groups in total. The van der Waals surface area contributed by atoms with Crippen molar-refractivity contribution in [1.29, 1.82) is 0 Å². The zero-order chi connectivity index (χ0) is 21.5. The van der Waals surface area contributed by atoms with Crippen molar-refractivity contribution in [3.05, 3.63) is 17.2 Å². The summed E-state index contributed by atoms with van der Waals surface area (Å²) in [5, 5.41) is 0.201. The van der Waals surface area contributed by atoms with E-state index in [-0.39, 0.29) is 11.4 Å². The average molecular weight is 435 g/mol. The SMILES string of the molecule is Cn1c(C2=CCN(C(=O)OC(C)(C)C)CC2)nc2c(N3CCOCC3)nc(Cl)nc21. The van der Waals surface area contributed by atoms with Crippen LogP contribution in [-0.4, -0.2) is 75.5 Å². The third kappa shape index (κ3) is 4.22. The first-order valence-electron chi connectivity index (χ1n) is 10.1. The molecule has 10 heteroatoms. The van der Waals surface area contributed by atoms with Crippen molar-refractivity contribution >= 4 is 40.2 Å². The van der Waals surface area contributed by atoms with E-state index in [4.69, 9.17) is 26.1 Å². The van der Waals surface area contributed by atoms with Gasteiger partial charge in [0.05, 0.1) is 13.2 Å². The molecule has 4 rings (SSSR count). The van der Waals surface area contributed by atoms with Crippen molar-refractivity contribution in [2.75, 3.05) is 44.3 Å². The van der Waals surface area contributed by atoms with E-state index < -0.39 is 5.60 Å². The standard InChI is InChI=1S/C20H27ClN6O3/c1-20(2,3)30-19(28)27-7-5-13(6-8-27)15-22-14-16(25(15)4)23-18(21)24-17(14)26-9-11-29-12-10-26/h5H,6-12H2,1-4H3. The molecule has 2 aromatic rings. The summed E-state index contributed by atoms with van der Waals surface area (Å²) in [6.07, 6.45) is 2.41. The van der Waals surface area contributed by atoms with Gasteiger partial charge in [0, 0.05) is 33.2 Å². The molecule has 0 bridgehead atoms. The van der Waals surface area contributed by atoms with Crippen molar-refractivity contribution in [2.24, 2.45) is 7.05 Å². The van der Waals surface area contributed by atoms with Gasteiger partial charge in [0.25, 0.3) is 0 Å². The van der Waals surface area contributed by atoms with Crippen molar-refractivity contribution < 1.29 is 14.3 Å². The highest BCUT2D eigenvalue weighted by Gasteiger charge is 2.27. The molecule has 2 aromatic heterocycles. The second kappa shape index (κ2) is 8.03. The van der Waals surface area contributed by atoms with Crippen LogP contribution < -0.4 is 4.90 Å². The van der Waals surface area contributed by atoms with E-state index in [1.54, 1.807) is 4.90 Å². The van der Waals surface area contributed by atoms with Gasteiger partial charge in [-0.2, -0.15) is 9.97 Å². The second-order valence-electron chi connectivity index (χ2n) is 8.49. The van der Waals surface area contributed by atoms with Gasteiger partial charge in [-0.15, -0.1) is 0 Å². The lowest BCUT2D eigenvalue weighted by Gasteiger charge is -2.29. The minimum atomic E-state index is -0.508. The molecular formula is C20H27ClN6O3. The van der Waals surface area contributed by atoms with Gasteiger partial charge in [0.15, 0.2) is 17.0 Å².